The largest absolute Gasteiger partial charge is 0.497 e. The van der Waals surface area contributed by atoms with E-state index in [0.29, 0.717) is 0 Å². The Kier molecular flexibility index (Phi) is 7.87. The molecular weight excluding hydrogens is 458 g/mol. The van der Waals surface area contributed by atoms with Crippen LogP contribution in [0.4, 0.5) is 0 Å². The minimum absolute atomic E-state index is 0.238. The monoisotopic (exact) mass is 491 g/mol. The van der Waals surface area contributed by atoms with E-state index >= 15 is 0 Å². The van der Waals surface area contributed by atoms with Crippen LogP contribution in [-0.2, 0) is 13.0 Å². The number of methoxy groups -OCH3 is 2. The van der Waals surface area contributed by atoms with Gasteiger partial charge in [0.15, 0.2) is 0 Å². The number of fused-ring (bicyclic) bond motifs is 1. The highest BCUT2D eigenvalue weighted by molar-refractivity contribution is 5.77. The van der Waals surface area contributed by atoms with Gasteiger partial charge in [0.1, 0.15) is 22.8 Å². The molecule has 0 N–H and O–H groups in total. The van der Waals surface area contributed by atoms with Gasteiger partial charge in [-0.2, -0.15) is 0 Å². The molecule has 37 heavy (non-hydrogen) atoms. The van der Waals surface area contributed by atoms with Crippen LogP contribution in [0.3, 0.4) is 0 Å². The average Bonchev–Trinajstić information content (AvgIpc) is 3.38. The van der Waals surface area contributed by atoms with E-state index in [1.165, 1.54) is 11.1 Å². The van der Waals surface area contributed by atoms with Crippen LogP contribution in [0.5, 0.6) is 11.5 Å². The van der Waals surface area contributed by atoms with E-state index in [9.17, 15) is 0 Å². The van der Waals surface area contributed by atoms with Crippen LogP contribution >= 0.6 is 0 Å². The number of hydrogen-bond acceptors (Lipinski definition) is 4. The SMILES string of the molecule is COc1ccc(CN(CCc2cc3ccccc3o2)CC(c2ccccc2)c2ccccc2)c(OC)c1. The van der Waals surface area contributed by atoms with E-state index in [0.717, 1.165) is 59.8 Å². The van der Waals surface area contributed by atoms with Crippen LogP contribution in [-0.4, -0.2) is 32.2 Å². The van der Waals surface area contributed by atoms with Crippen LogP contribution in [0.2, 0.25) is 0 Å². The highest BCUT2D eigenvalue weighted by Crippen LogP contribution is 2.30. The van der Waals surface area contributed by atoms with Gasteiger partial charge < -0.3 is 13.9 Å². The highest BCUT2D eigenvalue weighted by Gasteiger charge is 2.20. The van der Waals surface area contributed by atoms with Crippen molar-refractivity contribution >= 4 is 11.0 Å². The maximum atomic E-state index is 6.15. The lowest BCUT2D eigenvalue weighted by Gasteiger charge is -2.29. The Morgan fingerprint density at radius 1 is 0.730 bits per heavy atom. The van der Waals surface area contributed by atoms with Gasteiger partial charge in [0.25, 0.3) is 0 Å². The van der Waals surface area contributed by atoms with Gasteiger partial charge in [-0.3, -0.25) is 4.90 Å². The van der Waals surface area contributed by atoms with Crippen LogP contribution < -0.4 is 9.47 Å². The lowest BCUT2D eigenvalue weighted by atomic mass is 9.90. The van der Waals surface area contributed by atoms with Gasteiger partial charge in [-0.15, -0.1) is 0 Å². The van der Waals surface area contributed by atoms with Crippen molar-refractivity contribution in [1.29, 1.82) is 0 Å². The molecule has 0 fully saturated rings. The molecule has 0 spiro atoms. The zero-order valence-electron chi connectivity index (χ0n) is 21.5. The highest BCUT2D eigenvalue weighted by atomic mass is 16.5. The number of furan rings is 1. The molecular formula is C33H33NO3. The van der Waals surface area contributed by atoms with Crippen molar-refractivity contribution in [2.24, 2.45) is 0 Å². The zero-order valence-corrected chi connectivity index (χ0v) is 21.5. The smallest absolute Gasteiger partial charge is 0.134 e. The van der Waals surface area contributed by atoms with E-state index in [1.54, 1.807) is 14.2 Å². The standard InChI is InChI=1S/C33H33NO3/c1-35-29-18-17-28(33(22-29)36-2)23-34(20-19-30-21-27-15-9-10-16-32(27)37-30)24-31(25-11-5-3-6-12-25)26-13-7-4-8-14-26/h3-18,21-22,31H,19-20,23-24H2,1-2H3. The first-order valence-corrected chi connectivity index (χ1v) is 12.7. The molecule has 1 aromatic heterocycles. The third-order valence-corrected chi connectivity index (χ3v) is 6.88. The van der Waals surface area contributed by atoms with Gasteiger partial charge in [-0.1, -0.05) is 84.9 Å². The fraction of sp³-hybridized carbons (Fsp3) is 0.212. The summed E-state index contributed by atoms with van der Waals surface area (Å²) in [6, 6.07) is 38.0. The van der Waals surface area contributed by atoms with Crippen molar-refractivity contribution < 1.29 is 13.9 Å². The van der Waals surface area contributed by atoms with E-state index < -0.39 is 0 Å². The predicted octanol–water partition coefficient (Wildman–Crippen LogP) is 7.33. The first kappa shape index (κ1) is 24.7. The number of para-hydroxylation sites is 1. The predicted molar refractivity (Wildman–Crippen MR) is 149 cm³/mol. The van der Waals surface area contributed by atoms with Gasteiger partial charge >= 0.3 is 0 Å². The van der Waals surface area contributed by atoms with Crippen molar-refractivity contribution in [2.75, 3.05) is 27.3 Å². The number of benzene rings is 4. The second-order valence-corrected chi connectivity index (χ2v) is 9.29. The van der Waals surface area contributed by atoms with E-state index in [1.807, 2.05) is 30.3 Å². The quantitative estimate of drug-likeness (QED) is 0.194. The Balaban J connectivity index is 1.45. The number of nitrogens with zero attached hydrogens (tertiary/aromatic N) is 1. The number of hydrogen-bond donors (Lipinski definition) is 0. The van der Waals surface area contributed by atoms with Gasteiger partial charge in [-0.25, -0.2) is 0 Å². The Hall–Kier alpha value is -4.02. The van der Waals surface area contributed by atoms with Crippen LogP contribution in [0.15, 0.2) is 114 Å². The van der Waals surface area contributed by atoms with E-state index in [-0.39, 0.29) is 5.92 Å². The number of rotatable bonds is 11. The molecule has 0 atom stereocenters. The van der Waals surface area contributed by atoms with Crippen LogP contribution in [0, 0.1) is 0 Å². The first-order chi connectivity index (χ1) is 18.2. The Morgan fingerprint density at radius 2 is 1.41 bits per heavy atom. The van der Waals surface area contributed by atoms with Crippen molar-refractivity contribution in [1.82, 2.24) is 4.90 Å². The second-order valence-electron chi connectivity index (χ2n) is 9.29. The Bertz CT molecular complexity index is 1340. The molecule has 0 aliphatic heterocycles. The molecule has 0 bridgehead atoms. The van der Waals surface area contributed by atoms with Crippen LogP contribution in [0.25, 0.3) is 11.0 Å². The Morgan fingerprint density at radius 3 is 2.05 bits per heavy atom. The summed E-state index contributed by atoms with van der Waals surface area (Å²) in [5.74, 6) is 2.87. The van der Waals surface area contributed by atoms with Crippen molar-refractivity contribution in [2.45, 2.75) is 18.9 Å². The normalized spacial score (nSPS) is 11.4. The molecule has 5 rings (SSSR count). The van der Waals surface area contributed by atoms with E-state index in [4.69, 9.17) is 13.9 Å². The third-order valence-electron chi connectivity index (χ3n) is 6.88. The molecule has 0 amide bonds. The maximum absolute atomic E-state index is 6.15. The topological polar surface area (TPSA) is 34.8 Å². The molecule has 0 aliphatic carbocycles. The summed E-state index contributed by atoms with van der Waals surface area (Å²) >= 11 is 0. The average molecular weight is 492 g/mol. The van der Waals surface area contributed by atoms with Gasteiger partial charge in [0.05, 0.1) is 14.2 Å². The molecule has 1 heterocycles. The zero-order chi connectivity index (χ0) is 25.5. The van der Waals surface area contributed by atoms with Crippen LogP contribution in [0.1, 0.15) is 28.4 Å². The van der Waals surface area contributed by atoms with Crippen molar-refractivity contribution in [3.8, 4) is 11.5 Å². The molecule has 0 radical (unpaired) electrons. The van der Waals surface area contributed by atoms with Gasteiger partial charge in [0.2, 0.25) is 0 Å². The fourth-order valence-electron chi connectivity index (χ4n) is 4.92. The third kappa shape index (κ3) is 6.04. The van der Waals surface area contributed by atoms with E-state index in [2.05, 4.69) is 83.8 Å². The summed E-state index contributed by atoms with van der Waals surface area (Å²) in [5, 5.41) is 1.15. The molecule has 0 saturated heterocycles. The van der Waals surface area contributed by atoms with Gasteiger partial charge in [-0.05, 0) is 29.3 Å². The Labute approximate surface area is 219 Å². The molecule has 4 aromatic carbocycles. The summed E-state index contributed by atoms with van der Waals surface area (Å²) in [7, 11) is 3.40. The van der Waals surface area contributed by atoms with Gasteiger partial charge in [0, 0.05) is 49.0 Å². The molecule has 5 aromatic rings. The minimum atomic E-state index is 0.238. The number of ether oxygens (including phenoxy) is 2. The summed E-state index contributed by atoms with van der Waals surface area (Å²) in [6.07, 6.45) is 0.823. The minimum Gasteiger partial charge on any atom is -0.497 e. The lowest BCUT2D eigenvalue weighted by Crippen LogP contribution is -2.31. The molecule has 0 unspecified atom stereocenters. The summed E-state index contributed by atoms with van der Waals surface area (Å²) in [6.45, 7) is 2.47. The summed E-state index contributed by atoms with van der Waals surface area (Å²) in [4.78, 5) is 2.50. The lowest BCUT2D eigenvalue weighted by molar-refractivity contribution is 0.251. The molecule has 0 saturated carbocycles. The second kappa shape index (κ2) is 11.8. The fourth-order valence-corrected chi connectivity index (χ4v) is 4.92. The molecule has 188 valence electrons. The first-order valence-electron chi connectivity index (χ1n) is 12.7. The van der Waals surface area contributed by atoms with Crippen molar-refractivity contribution in [3.63, 3.8) is 0 Å². The molecule has 4 heteroatoms. The molecule has 0 aliphatic rings. The molecule has 4 nitrogen and oxygen atoms in total. The maximum Gasteiger partial charge on any atom is 0.134 e. The summed E-state index contributed by atoms with van der Waals surface area (Å²) in [5.41, 5.74) is 4.69. The van der Waals surface area contributed by atoms with Crippen molar-refractivity contribution in [3.05, 3.63) is 132 Å². The summed E-state index contributed by atoms with van der Waals surface area (Å²) < 4.78 is 17.3.